The third-order valence-electron chi connectivity index (χ3n) is 2.72. The smallest absolute Gasteiger partial charge is 0.255 e. The van der Waals surface area contributed by atoms with Gasteiger partial charge in [0.25, 0.3) is 5.91 Å². The molecule has 0 bridgehead atoms. The minimum atomic E-state index is -0.179. The molecular weight excluding hydrogens is 256 g/mol. The van der Waals surface area contributed by atoms with Gasteiger partial charge < -0.3 is 11.1 Å². The van der Waals surface area contributed by atoms with E-state index in [0.717, 1.165) is 11.3 Å². The molecule has 0 aliphatic rings. The second kappa shape index (κ2) is 5.63. The molecule has 0 fully saturated rings. The first-order chi connectivity index (χ1) is 9.06. The van der Waals surface area contributed by atoms with E-state index in [-0.39, 0.29) is 10.9 Å². The SMILES string of the molecule is Cc1ccc(NC(=O)c2cccc(C(N)=S)c2)cc1. The summed E-state index contributed by atoms with van der Waals surface area (Å²) >= 11 is 4.90. The number of carbonyl (C=O) groups excluding carboxylic acids is 1. The summed E-state index contributed by atoms with van der Waals surface area (Å²) in [5.41, 5.74) is 8.68. The molecule has 3 nitrogen and oxygen atoms in total. The third kappa shape index (κ3) is 3.39. The predicted molar refractivity (Wildman–Crippen MR) is 81.5 cm³/mol. The van der Waals surface area contributed by atoms with Crippen LogP contribution in [0.25, 0.3) is 0 Å². The Hall–Kier alpha value is -2.20. The van der Waals surface area contributed by atoms with Crippen molar-refractivity contribution in [1.29, 1.82) is 0 Å². The summed E-state index contributed by atoms with van der Waals surface area (Å²) in [6.45, 7) is 2.00. The van der Waals surface area contributed by atoms with E-state index >= 15 is 0 Å². The zero-order valence-electron chi connectivity index (χ0n) is 10.5. The van der Waals surface area contributed by atoms with E-state index < -0.39 is 0 Å². The van der Waals surface area contributed by atoms with Crippen LogP contribution in [-0.2, 0) is 0 Å². The number of amides is 1. The molecule has 0 heterocycles. The first-order valence-corrected chi connectivity index (χ1v) is 6.25. The Morgan fingerprint density at radius 2 is 1.74 bits per heavy atom. The van der Waals surface area contributed by atoms with E-state index in [2.05, 4.69) is 5.32 Å². The molecular formula is C15H14N2OS. The zero-order chi connectivity index (χ0) is 13.8. The van der Waals surface area contributed by atoms with Crippen LogP contribution in [0.15, 0.2) is 48.5 Å². The quantitative estimate of drug-likeness (QED) is 0.843. The van der Waals surface area contributed by atoms with Crippen molar-refractivity contribution in [3.05, 3.63) is 65.2 Å². The normalized spacial score (nSPS) is 9.95. The van der Waals surface area contributed by atoms with Crippen LogP contribution in [0.2, 0.25) is 0 Å². The number of aryl methyl sites for hydroxylation is 1. The Labute approximate surface area is 117 Å². The van der Waals surface area contributed by atoms with Crippen molar-refractivity contribution >= 4 is 28.8 Å². The average Bonchev–Trinajstić information content (AvgIpc) is 2.41. The molecule has 2 rings (SSSR count). The number of thiocarbonyl (C=S) groups is 1. The van der Waals surface area contributed by atoms with E-state index in [9.17, 15) is 4.79 Å². The minimum Gasteiger partial charge on any atom is -0.389 e. The maximum Gasteiger partial charge on any atom is 0.255 e. The van der Waals surface area contributed by atoms with E-state index in [1.165, 1.54) is 0 Å². The Balaban J connectivity index is 2.18. The number of benzene rings is 2. The fourth-order valence-corrected chi connectivity index (χ4v) is 1.78. The van der Waals surface area contributed by atoms with Crippen LogP contribution in [0.1, 0.15) is 21.5 Å². The van der Waals surface area contributed by atoms with E-state index in [0.29, 0.717) is 11.1 Å². The number of hydrogen-bond donors (Lipinski definition) is 2. The fourth-order valence-electron chi connectivity index (χ4n) is 1.65. The lowest BCUT2D eigenvalue weighted by Gasteiger charge is -2.07. The molecule has 0 spiro atoms. The second-order valence-corrected chi connectivity index (χ2v) is 4.71. The predicted octanol–water partition coefficient (Wildman–Crippen LogP) is 2.88. The van der Waals surface area contributed by atoms with Gasteiger partial charge in [0, 0.05) is 16.8 Å². The molecule has 2 aromatic carbocycles. The summed E-state index contributed by atoms with van der Waals surface area (Å²) in [6.07, 6.45) is 0. The number of nitrogens with one attached hydrogen (secondary N) is 1. The number of carbonyl (C=O) groups is 1. The highest BCUT2D eigenvalue weighted by atomic mass is 32.1. The molecule has 0 saturated heterocycles. The Morgan fingerprint density at radius 3 is 2.37 bits per heavy atom. The van der Waals surface area contributed by atoms with Crippen LogP contribution >= 0.6 is 12.2 Å². The number of nitrogens with two attached hydrogens (primary N) is 1. The molecule has 3 N–H and O–H groups in total. The molecule has 0 unspecified atom stereocenters. The van der Waals surface area contributed by atoms with Crippen LogP contribution in [0.4, 0.5) is 5.69 Å². The van der Waals surface area contributed by atoms with Crippen molar-refractivity contribution < 1.29 is 4.79 Å². The summed E-state index contributed by atoms with van der Waals surface area (Å²) in [5.74, 6) is -0.179. The van der Waals surface area contributed by atoms with Gasteiger partial charge in [-0.25, -0.2) is 0 Å². The van der Waals surface area contributed by atoms with Gasteiger partial charge >= 0.3 is 0 Å². The molecule has 0 atom stereocenters. The van der Waals surface area contributed by atoms with Crippen molar-refractivity contribution in [2.75, 3.05) is 5.32 Å². The Kier molecular flexibility index (Phi) is 3.92. The molecule has 2 aromatic rings. The van der Waals surface area contributed by atoms with Gasteiger partial charge in [-0.3, -0.25) is 4.79 Å². The molecule has 1 amide bonds. The first-order valence-electron chi connectivity index (χ1n) is 5.84. The molecule has 96 valence electrons. The van der Waals surface area contributed by atoms with Gasteiger partial charge in [-0.1, -0.05) is 42.0 Å². The van der Waals surface area contributed by atoms with Crippen LogP contribution < -0.4 is 11.1 Å². The molecule has 0 aliphatic heterocycles. The first kappa shape index (κ1) is 13.2. The van der Waals surface area contributed by atoms with E-state index in [1.807, 2.05) is 31.2 Å². The number of rotatable bonds is 3. The Bertz CT molecular complexity index is 620. The third-order valence-corrected chi connectivity index (χ3v) is 2.95. The van der Waals surface area contributed by atoms with Gasteiger partial charge in [0.1, 0.15) is 4.99 Å². The van der Waals surface area contributed by atoms with Crippen LogP contribution in [0.5, 0.6) is 0 Å². The van der Waals surface area contributed by atoms with Crippen LogP contribution in [0, 0.1) is 6.92 Å². The maximum absolute atomic E-state index is 12.1. The lowest BCUT2D eigenvalue weighted by atomic mass is 10.1. The van der Waals surface area contributed by atoms with Gasteiger partial charge in [-0.2, -0.15) is 0 Å². The molecule has 0 saturated carbocycles. The molecule has 19 heavy (non-hydrogen) atoms. The monoisotopic (exact) mass is 270 g/mol. The van der Waals surface area contributed by atoms with Crippen molar-refractivity contribution in [3.63, 3.8) is 0 Å². The van der Waals surface area contributed by atoms with Crippen LogP contribution in [0.3, 0.4) is 0 Å². The van der Waals surface area contributed by atoms with E-state index in [1.54, 1.807) is 24.3 Å². The fraction of sp³-hybridized carbons (Fsp3) is 0.0667. The summed E-state index contributed by atoms with van der Waals surface area (Å²) in [7, 11) is 0. The molecule has 4 heteroatoms. The van der Waals surface area contributed by atoms with Crippen molar-refractivity contribution in [2.24, 2.45) is 5.73 Å². The number of hydrogen-bond acceptors (Lipinski definition) is 2. The highest BCUT2D eigenvalue weighted by Crippen LogP contribution is 2.12. The van der Waals surface area contributed by atoms with Crippen molar-refractivity contribution in [1.82, 2.24) is 0 Å². The van der Waals surface area contributed by atoms with Gasteiger partial charge in [-0.15, -0.1) is 0 Å². The topological polar surface area (TPSA) is 55.1 Å². The minimum absolute atomic E-state index is 0.179. The molecule has 0 aliphatic carbocycles. The standard InChI is InChI=1S/C15H14N2OS/c1-10-5-7-13(8-6-10)17-15(18)12-4-2-3-11(9-12)14(16)19/h2-9H,1H3,(H2,16,19)(H,17,18). The highest BCUT2D eigenvalue weighted by Gasteiger charge is 2.07. The maximum atomic E-state index is 12.1. The highest BCUT2D eigenvalue weighted by molar-refractivity contribution is 7.80. The molecule has 0 radical (unpaired) electrons. The lowest BCUT2D eigenvalue weighted by Crippen LogP contribution is -2.14. The van der Waals surface area contributed by atoms with Gasteiger partial charge in [0.15, 0.2) is 0 Å². The Morgan fingerprint density at radius 1 is 1.11 bits per heavy atom. The van der Waals surface area contributed by atoms with Gasteiger partial charge in [0.2, 0.25) is 0 Å². The van der Waals surface area contributed by atoms with E-state index in [4.69, 9.17) is 18.0 Å². The van der Waals surface area contributed by atoms with Crippen molar-refractivity contribution in [2.45, 2.75) is 6.92 Å². The number of anilines is 1. The summed E-state index contributed by atoms with van der Waals surface area (Å²) in [5, 5.41) is 2.83. The summed E-state index contributed by atoms with van der Waals surface area (Å²) in [4.78, 5) is 12.4. The second-order valence-electron chi connectivity index (χ2n) is 4.27. The van der Waals surface area contributed by atoms with Gasteiger partial charge in [0.05, 0.1) is 0 Å². The molecule has 0 aromatic heterocycles. The lowest BCUT2D eigenvalue weighted by molar-refractivity contribution is 0.102. The zero-order valence-corrected chi connectivity index (χ0v) is 11.3. The summed E-state index contributed by atoms with van der Waals surface area (Å²) in [6, 6.07) is 14.6. The van der Waals surface area contributed by atoms with Crippen molar-refractivity contribution in [3.8, 4) is 0 Å². The average molecular weight is 270 g/mol. The largest absolute Gasteiger partial charge is 0.389 e. The van der Waals surface area contributed by atoms with Crippen LogP contribution in [-0.4, -0.2) is 10.9 Å². The summed E-state index contributed by atoms with van der Waals surface area (Å²) < 4.78 is 0. The van der Waals surface area contributed by atoms with Gasteiger partial charge in [-0.05, 0) is 31.2 Å².